The van der Waals surface area contributed by atoms with Crippen LogP contribution in [0, 0.1) is 0 Å². The average molecular weight is 357 g/mol. The molecular weight excluding hydrogens is 330 g/mol. The van der Waals surface area contributed by atoms with E-state index in [1.807, 2.05) is 56.8 Å². The first kappa shape index (κ1) is 18.3. The lowest BCUT2D eigenvalue weighted by molar-refractivity contribution is -0.00803. The number of benzene rings is 1. The normalized spacial score (nSPS) is 18.0. The molecule has 7 nitrogen and oxygen atoms in total. The molecule has 1 N–H and O–H groups in total. The predicted molar refractivity (Wildman–Crippen MR) is 101 cm³/mol. The fraction of sp³-hybridized carbons (Fsp3) is 0.474. The first-order valence-electron chi connectivity index (χ1n) is 9.00. The van der Waals surface area contributed by atoms with E-state index >= 15 is 0 Å². The second-order valence-corrected chi connectivity index (χ2v) is 6.24. The minimum Gasteiger partial charge on any atom is -0.494 e. The number of para-hydroxylation sites is 1. The number of aryl methyl sites for hydroxylation is 1. The fourth-order valence-electron chi connectivity index (χ4n) is 2.96. The van der Waals surface area contributed by atoms with E-state index in [0.29, 0.717) is 13.2 Å². The van der Waals surface area contributed by atoms with Gasteiger partial charge in [-0.15, -0.1) is 0 Å². The summed E-state index contributed by atoms with van der Waals surface area (Å²) in [5.74, 6) is 1.81. The summed E-state index contributed by atoms with van der Waals surface area (Å²) in [7, 11) is 3.74. The van der Waals surface area contributed by atoms with Gasteiger partial charge in [-0.25, -0.2) is 0 Å². The van der Waals surface area contributed by atoms with E-state index in [0.717, 1.165) is 43.3 Å². The smallest absolute Gasteiger partial charge is 0.193 e. The molecule has 1 aromatic heterocycles. The Labute approximate surface area is 154 Å². The molecule has 140 valence electrons. The van der Waals surface area contributed by atoms with Crippen molar-refractivity contribution in [2.24, 2.45) is 12.0 Å². The van der Waals surface area contributed by atoms with Crippen molar-refractivity contribution in [2.75, 3.05) is 39.9 Å². The van der Waals surface area contributed by atoms with E-state index in [2.05, 4.69) is 20.3 Å². The zero-order chi connectivity index (χ0) is 18.2. The van der Waals surface area contributed by atoms with Gasteiger partial charge in [-0.1, -0.05) is 18.2 Å². The molecule has 0 bridgehead atoms. The highest BCUT2D eigenvalue weighted by molar-refractivity contribution is 5.80. The molecule has 1 unspecified atom stereocenters. The Kier molecular flexibility index (Phi) is 6.49. The Balaban J connectivity index is 1.43. The lowest BCUT2D eigenvalue weighted by atomic mass is 10.1. The molecule has 0 radical (unpaired) electrons. The van der Waals surface area contributed by atoms with Crippen LogP contribution in [0.3, 0.4) is 0 Å². The van der Waals surface area contributed by atoms with Gasteiger partial charge in [0.05, 0.1) is 26.0 Å². The number of aromatic nitrogens is 2. The molecule has 3 rings (SSSR count). The third-order valence-electron chi connectivity index (χ3n) is 4.29. The highest BCUT2D eigenvalue weighted by atomic mass is 16.5. The highest BCUT2D eigenvalue weighted by Crippen LogP contribution is 2.21. The van der Waals surface area contributed by atoms with Gasteiger partial charge in [0, 0.05) is 38.9 Å². The van der Waals surface area contributed by atoms with Crippen LogP contribution in [0.2, 0.25) is 0 Å². The first-order valence-corrected chi connectivity index (χ1v) is 9.00. The first-order chi connectivity index (χ1) is 12.8. The van der Waals surface area contributed by atoms with Crippen LogP contribution >= 0.6 is 0 Å². The van der Waals surface area contributed by atoms with Gasteiger partial charge in [0.15, 0.2) is 5.96 Å². The Hall–Kier alpha value is -2.54. The minimum absolute atomic E-state index is 0.0254. The van der Waals surface area contributed by atoms with E-state index in [4.69, 9.17) is 9.47 Å². The molecule has 7 heteroatoms. The van der Waals surface area contributed by atoms with Crippen molar-refractivity contribution in [1.82, 2.24) is 20.0 Å². The summed E-state index contributed by atoms with van der Waals surface area (Å²) in [5.41, 5.74) is 1.10. The number of nitrogens with zero attached hydrogens (tertiary/aromatic N) is 4. The van der Waals surface area contributed by atoms with E-state index in [1.165, 1.54) is 0 Å². The van der Waals surface area contributed by atoms with Crippen LogP contribution in [0.5, 0.6) is 5.75 Å². The van der Waals surface area contributed by atoms with Crippen LogP contribution in [-0.2, 0) is 11.8 Å². The number of hydrogen-bond donors (Lipinski definition) is 1. The molecule has 1 fully saturated rings. The van der Waals surface area contributed by atoms with Crippen molar-refractivity contribution >= 4 is 5.96 Å². The van der Waals surface area contributed by atoms with E-state index in [-0.39, 0.29) is 6.10 Å². The molecule has 0 spiro atoms. The number of rotatable bonds is 6. The van der Waals surface area contributed by atoms with Gasteiger partial charge >= 0.3 is 0 Å². The zero-order valence-corrected chi connectivity index (χ0v) is 15.5. The van der Waals surface area contributed by atoms with Gasteiger partial charge in [-0.2, -0.15) is 5.10 Å². The van der Waals surface area contributed by atoms with Gasteiger partial charge in [-0.3, -0.25) is 9.67 Å². The number of nitrogens with one attached hydrogen (secondary N) is 1. The monoisotopic (exact) mass is 357 g/mol. The molecule has 26 heavy (non-hydrogen) atoms. The van der Waals surface area contributed by atoms with Gasteiger partial charge in [0.2, 0.25) is 0 Å². The van der Waals surface area contributed by atoms with Crippen molar-refractivity contribution in [1.29, 1.82) is 0 Å². The van der Waals surface area contributed by atoms with Crippen molar-refractivity contribution in [3.63, 3.8) is 0 Å². The molecule has 1 aliphatic rings. The Morgan fingerprint density at radius 2 is 2.23 bits per heavy atom. The molecule has 1 aliphatic heterocycles. The van der Waals surface area contributed by atoms with Crippen LogP contribution < -0.4 is 10.1 Å². The van der Waals surface area contributed by atoms with Gasteiger partial charge in [0.1, 0.15) is 11.9 Å². The van der Waals surface area contributed by atoms with Crippen molar-refractivity contribution in [3.05, 3.63) is 48.3 Å². The van der Waals surface area contributed by atoms with Crippen molar-refractivity contribution < 1.29 is 9.47 Å². The maximum absolute atomic E-state index is 5.90. The molecule has 0 aliphatic carbocycles. The van der Waals surface area contributed by atoms with Crippen LogP contribution in [-0.4, -0.2) is 60.5 Å². The zero-order valence-electron chi connectivity index (χ0n) is 15.5. The van der Waals surface area contributed by atoms with E-state index in [1.54, 1.807) is 4.68 Å². The SMILES string of the molecule is CN=C(NCCCOc1ccccc1)N1CCOC(c2cnn(C)c2)C1. The number of ether oxygens (including phenoxy) is 2. The largest absolute Gasteiger partial charge is 0.494 e. The summed E-state index contributed by atoms with van der Waals surface area (Å²) in [4.78, 5) is 6.65. The van der Waals surface area contributed by atoms with Crippen LogP contribution in [0.1, 0.15) is 18.1 Å². The van der Waals surface area contributed by atoms with Gasteiger partial charge < -0.3 is 19.7 Å². The third-order valence-corrected chi connectivity index (χ3v) is 4.29. The average Bonchev–Trinajstić information content (AvgIpc) is 3.12. The Morgan fingerprint density at radius 1 is 1.38 bits per heavy atom. The summed E-state index contributed by atoms with van der Waals surface area (Å²) in [5, 5.41) is 7.66. The standard InChI is InChI=1S/C19H27N5O2/c1-20-19(21-9-6-11-25-17-7-4-3-5-8-17)24-10-12-26-18(15-24)16-13-22-23(2)14-16/h3-5,7-8,13-14,18H,6,9-12,15H2,1-2H3,(H,20,21). The second-order valence-electron chi connectivity index (χ2n) is 6.24. The van der Waals surface area contributed by atoms with Crippen molar-refractivity contribution in [2.45, 2.75) is 12.5 Å². The van der Waals surface area contributed by atoms with E-state index < -0.39 is 0 Å². The van der Waals surface area contributed by atoms with E-state index in [9.17, 15) is 0 Å². The summed E-state index contributed by atoms with van der Waals surface area (Å²) >= 11 is 0. The Bertz CT molecular complexity index is 701. The van der Waals surface area contributed by atoms with Gasteiger partial charge in [0.25, 0.3) is 0 Å². The molecule has 1 atom stereocenters. The number of hydrogen-bond acceptors (Lipinski definition) is 4. The van der Waals surface area contributed by atoms with Crippen LogP contribution in [0.4, 0.5) is 0 Å². The molecule has 1 saturated heterocycles. The topological polar surface area (TPSA) is 63.9 Å². The quantitative estimate of drug-likeness (QED) is 0.486. The molecule has 1 aromatic carbocycles. The van der Waals surface area contributed by atoms with Gasteiger partial charge in [-0.05, 0) is 18.6 Å². The molecule has 2 aromatic rings. The Morgan fingerprint density at radius 3 is 2.96 bits per heavy atom. The minimum atomic E-state index is 0.0254. The summed E-state index contributed by atoms with van der Waals surface area (Å²) in [6.07, 6.45) is 4.80. The molecule has 0 amide bonds. The lowest BCUT2D eigenvalue weighted by Crippen LogP contribution is -2.48. The second kappa shape index (κ2) is 9.24. The molecular formula is C19H27N5O2. The summed E-state index contributed by atoms with van der Waals surface area (Å²) in [6.45, 7) is 3.77. The highest BCUT2D eigenvalue weighted by Gasteiger charge is 2.24. The number of morpholine rings is 1. The fourth-order valence-corrected chi connectivity index (χ4v) is 2.96. The molecule has 0 saturated carbocycles. The van der Waals surface area contributed by atoms with Crippen LogP contribution in [0.15, 0.2) is 47.7 Å². The predicted octanol–water partition coefficient (Wildman–Crippen LogP) is 1.84. The number of guanidine groups is 1. The van der Waals surface area contributed by atoms with Crippen molar-refractivity contribution in [3.8, 4) is 5.75 Å². The maximum Gasteiger partial charge on any atom is 0.193 e. The summed E-state index contributed by atoms with van der Waals surface area (Å²) < 4.78 is 13.4. The maximum atomic E-state index is 5.90. The summed E-state index contributed by atoms with van der Waals surface area (Å²) in [6, 6.07) is 9.88. The lowest BCUT2D eigenvalue weighted by Gasteiger charge is -2.34. The van der Waals surface area contributed by atoms with Crippen LogP contribution in [0.25, 0.3) is 0 Å². The molecule has 2 heterocycles. The number of aliphatic imine (C=N–C) groups is 1. The third kappa shape index (κ3) is 4.98.